The Balaban J connectivity index is 2.17. The number of hydrogen-bond acceptors (Lipinski definition) is 3. The molecule has 2 rings (SSSR count). The standard InChI is InChI=1S/C14H21N3O2/c1-9(2)6-15-12-5-4-11-8-17(14(18)19)7-10(3)13(11)16-12/h4-5,9-10H,6-8H2,1-3H3,(H,15,16)(H,18,19). The van der Waals surface area contributed by atoms with Gasteiger partial charge in [0.05, 0.1) is 12.2 Å². The van der Waals surface area contributed by atoms with E-state index < -0.39 is 6.09 Å². The molecule has 19 heavy (non-hydrogen) atoms. The van der Waals surface area contributed by atoms with Crippen LogP contribution in [0.2, 0.25) is 0 Å². The van der Waals surface area contributed by atoms with E-state index in [0.717, 1.165) is 23.6 Å². The van der Waals surface area contributed by atoms with E-state index in [1.807, 2.05) is 19.1 Å². The molecule has 1 amide bonds. The first-order chi connectivity index (χ1) is 8.97. The number of aromatic nitrogens is 1. The van der Waals surface area contributed by atoms with Crippen LogP contribution in [-0.2, 0) is 6.54 Å². The lowest BCUT2D eigenvalue weighted by Crippen LogP contribution is -2.37. The van der Waals surface area contributed by atoms with Crippen molar-refractivity contribution in [3.8, 4) is 0 Å². The minimum absolute atomic E-state index is 0.139. The van der Waals surface area contributed by atoms with Gasteiger partial charge in [-0.25, -0.2) is 9.78 Å². The zero-order chi connectivity index (χ0) is 14.0. The molecule has 0 aliphatic carbocycles. The molecule has 1 aromatic heterocycles. The summed E-state index contributed by atoms with van der Waals surface area (Å²) in [5, 5.41) is 12.4. The molecule has 0 fully saturated rings. The molecule has 1 aromatic rings. The molecule has 2 N–H and O–H groups in total. The van der Waals surface area contributed by atoms with E-state index >= 15 is 0 Å². The van der Waals surface area contributed by atoms with Crippen LogP contribution in [0.15, 0.2) is 12.1 Å². The molecule has 104 valence electrons. The van der Waals surface area contributed by atoms with Gasteiger partial charge in [-0.05, 0) is 17.5 Å². The van der Waals surface area contributed by atoms with Crippen molar-refractivity contribution in [1.29, 1.82) is 0 Å². The van der Waals surface area contributed by atoms with Gasteiger partial charge in [-0.15, -0.1) is 0 Å². The summed E-state index contributed by atoms with van der Waals surface area (Å²) < 4.78 is 0. The van der Waals surface area contributed by atoms with Crippen LogP contribution in [0.5, 0.6) is 0 Å². The molecule has 1 unspecified atom stereocenters. The van der Waals surface area contributed by atoms with Gasteiger partial charge in [-0.1, -0.05) is 26.8 Å². The van der Waals surface area contributed by atoms with Gasteiger partial charge in [0, 0.05) is 19.0 Å². The molecular weight excluding hydrogens is 242 g/mol. The average molecular weight is 263 g/mol. The molecule has 0 radical (unpaired) electrons. The van der Waals surface area contributed by atoms with E-state index in [1.54, 1.807) is 0 Å². The van der Waals surface area contributed by atoms with Gasteiger partial charge in [0.15, 0.2) is 0 Å². The minimum Gasteiger partial charge on any atom is -0.465 e. The van der Waals surface area contributed by atoms with Gasteiger partial charge in [-0.3, -0.25) is 0 Å². The number of fused-ring (bicyclic) bond motifs is 1. The average Bonchev–Trinajstić information content (AvgIpc) is 2.36. The molecule has 0 saturated carbocycles. The lowest BCUT2D eigenvalue weighted by Gasteiger charge is -2.30. The maximum atomic E-state index is 11.0. The first-order valence-electron chi connectivity index (χ1n) is 6.69. The molecule has 5 heteroatoms. The van der Waals surface area contributed by atoms with Crippen molar-refractivity contribution in [3.05, 3.63) is 23.4 Å². The third kappa shape index (κ3) is 3.16. The Bertz CT molecular complexity index is 474. The number of pyridine rings is 1. The van der Waals surface area contributed by atoms with E-state index in [4.69, 9.17) is 5.11 Å². The molecule has 2 heterocycles. The number of hydrogen-bond donors (Lipinski definition) is 2. The van der Waals surface area contributed by atoms with Gasteiger partial charge >= 0.3 is 6.09 Å². The number of rotatable bonds is 3. The number of anilines is 1. The predicted molar refractivity (Wildman–Crippen MR) is 74.4 cm³/mol. The number of amides is 1. The lowest BCUT2D eigenvalue weighted by molar-refractivity contribution is 0.135. The lowest BCUT2D eigenvalue weighted by atomic mass is 9.96. The van der Waals surface area contributed by atoms with Gasteiger partial charge in [0.2, 0.25) is 0 Å². The second-order valence-electron chi connectivity index (χ2n) is 5.58. The summed E-state index contributed by atoms with van der Waals surface area (Å²) in [5.41, 5.74) is 2.03. The number of nitrogens with zero attached hydrogens (tertiary/aromatic N) is 2. The first-order valence-corrected chi connectivity index (χ1v) is 6.69. The normalized spacial score (nSPS) is 18.3. The molecule has 1 atom stereocenters. The summed E-state index contributed by atoms with van der Waals surface area (Å²) in [6.07, 6.45) is -0.862. The Morgan fingerprint density at radius 3 is 2.95 bits per heavy atom. The van der Waals surface area contributed by atoms with E-state index in [9.17, 15) is 4.79 Å². The fourth-order valence-electron chi connectivity index (χ4n) is 2.30. The van der Waals surface area contributed by atoms with Gasteiger partial charge < -0.3 is 15.3 Å². The largest absolute Gasteiger partial charge is 0.465 e. The Morgan fingerprint density at radius 1 is 1.58 bits per heavy atom. The SMILES string of the molecule is CC(C)CNc1ccc2c(n1)C(C)CN(C(=O)O)C2. The van der Waals surface area contributed by atoms with Crippen LogP contribution in [0.25, 0.3) is 0 Å². The highest BCUT2D eigenvalue weighted by molar-refractivity contribution is 5.65. The minimum atomic E-state index is -0.862. The van der Waals surface area contributed by atoms with Gasteiger partial charge in [0.1, 0.15) is 5.82 Å². The summed E-state index contributed by atoms with van der Waals surface area (Å²) in [7, 11) is 0. The van der Waals surface area contributed by atoms with Crippen LogP contribution < -0.4 is 5.32 Å². The second kappa shape index (κ2) is 5.47. The molecule has 0 bridgehead atoms. The number of nitrogens with one attached hydrogen (secondary N) is 1. The fraction of sp³-hybridized carbons (Fsp3) is 0.571. The van der Waals surface area contributed by atoms with E-state index in [2.05, 4.69) is 24.1 Å². The Hall–Kier alpha value is -1.78. The summed E-state index contributed by atoms with van der Waals surface area (Å²) in [4.78, 5) is 17.1. The fourth-order valence-corrected chi connectivity index (χ4v) is 2.30. The summed E-state index contributed by atoms with van der Waals surface area (Å²) in [6.45, 7) is 8.17. The quantitative estimate of drug-likeness (QED) is 0.880. The first kappa shape index (κ1) is 13.6. The second-order valence-corrected chi connectivity index (χ2v) is 5.58. The highest BCUT2D eigenvalue weighted by Crippen LogP contribution is 2.27. The maximum Gasteiger partial charge on any atom is 0.407 e. The molecule has 0 aromatic carbocycles. The summed E-state index contributed by atoms with van der Waals surface area (Å²) in [6, 6.07) is 3.91. The third-order valence-electron chi connectivity index (χ3n) is 3.30. The van der Waals surface area contributed by atoms with Crippen molar-refractivity contribution >= 4 is 11.9 Å². The monoisotopic (exact) mass is 263 g/mol. The predicted octanol–water partition coefficient (Wildman–Crippen LogP) is 2.75. The number of carbonyl (C=O) groups is 1. The van der Waals surface area contributed by atoms with Gasteiger partial charge in [0.25, 0.3) is 0 Å². The van der Waals surface area contributed by atoms with E-state index in [1.165, 1.54) is 4.90 Å². The highest BCUT2D eigenvalue weighted by atomic mass is 16.4. The van der Waals surface area contributed by atoms with Crippen LogP contribution in [0.3, 0.4) is 0 Å². The number of carboxylic acid groups (broad SMARTS) is 1. The molecule has 0 spiro atoms. The van der Waals surface area contributed by atoms with Crippen LogP contribution >= 0.6 is 0 Å². The Labute approximate surface area is 113 Å². The van der Waals surface area contributed by atoms with Crippen LogP contribution in [-0.4, -0.2) is 34.2 Å². The van der Waals surface area contributed by atoms with Crippen LogP contribution in [0, 0.1) is 5.92 Å². The maximum absolute atomic E-state index is 11.0. The van der Waals surface area contributed by atoms with Gasteiger partial charge in [-0.2, -0.15) is 0 Å². The van der Waals surface area contributed by atoms with E-state index in [-0.39, 0.29) is 5.92 Å². The smallest absolute Gasteiger partial charge is 0.407 e. The molecular formula is C14H21N3O2. The molecule has 1 aliphatic rings. The van der Waals surface area contributed by atoms with E-state index in [0.29, 0.717) is 19.0 Å². The Kier molecular flexibility index (Phi) is 3.93. The zero-order valence-electron chi connectivity index (χ0n) is 11.7. The Morgan fingerprint density at radius 2 is 2.32 bits per heavy atom. The van der Waals surface area contributed by atoms with Crippen LogP contribution in [0.1, 0.15) is 37.9 Å². The van der Waals surface area contributed by atoms with Crippen LogP contribution in [0.4, 0.5) is 10.6 Å². The van der Waals surface area contributed by atoms with Crippen molar-refractivity contribution in [3.63, 3.8) is 0 Å². The molecule has 1 aliphatic heterocycles. The third-order valence-corrected chi connectivity index (χ3v) is 3.30. The summed E-state index contributed by atoms with van der Waals surface area (Å²) >= 11 is 0. The van der Waals surface area contributed by atoms with Crippen molar-refractivity contribution in [2.75, 3.05) is 18.4 Å². The topological polar surface area (TPSA) is 65.5 Å². The highest BCUT2D eigenvalue weighted by Gasteiger charge is 2.26. The zero-order valence-corrected chi connectivity index (χ0v) is 11.7. The van der Waals surface area contributed by atoms with Crippen molar-refractivity contribution in [1.82, 2.24) is 9.88 Å². The molecule has 5 nitrogen and oxygen atoms in total. The summed E-state index contributed by atoms with van der Waals surface area (Å²) in [5.74, 6) is 1.58. The van der Waals surface area contributed by atoms with Crippen molar-refractivity contribution in [2.45, 2.75) is 33.2 Å². The van der Waals surface area contributed by atoms with Crippen molar-refractivity contribution < 1.29 is 9.90 Å². The molecule has 0 saturated heterocycles. The van der Waals surface area contributed by atoms with Crippen molar-refractivity contribution in [2.24, 2.45) is 5.92 Å².